The van der Waals surface area contributed by atoms with Gasteiger partial charge in [0.25, 0.3) is 0 Å². The molecule has 0 bridgehead atoms. The minimum Gasteiger partial charge on any atom is -0.474 e. The maximum absolute atomic E-state index is 11.2. The number of aliphatic hydroxyl groups excluding tert-OH is 1. The zero-order chi connectivity index (χ0) is 12.7. The number of carbonyl (C=O) groups is 2. The van der Waals surface area contributed by atoms with Gasteiger partial charge in [0, 0.05) is 0 Å². The zero-order valence-electron chi connectivity index (χ0n) is 8.98. The van der Waals surface area contributed by atoms with Crippen molar-refractivity contribution in [3.63, 3.8) is 0 Å². The smallest absolute Gasteiger partial charge is 0.396 e. The van der Waals surface area contributed by atoms with Gasteiger partial charge in [0.1, 0.15) is 0 Å². The molecule has 0 atom stereocenters. The second-order valence-electron chi connectivity index (χ2n) is 3.11. The maximum Gasteiger partial charge on any atom is 0.396 e. The van der Waals surface area contributed by atoms with Crippen LogP contribution in [-0.2, 0) is 9.59 Å². The lowest BCUT2D eigenvalue weighted by Crippen LogP contribution is -2.34. The summed E-state index contributed by atoms with van der Waals surface area (Å²) in [6, 6.07) is 8.91. The summed E-state index contributed by atoms with van der Waals surface area (Å²) >= 11 is 0. The third-order valence-electron chi connectivity index (χ3n) is 1.87. The van der Waals surface area contributed by atoms with Crippen molar-refractivity contribution < 1.29 is 19.8 Å². The number of nitrogens with zero attached hydrogens (tertiary/aromatic N) is 2. The highest BCUT2D eigenvalue weighted by Gasteiger charge is 2.19. The predicted octanol–water partition coefficient (Wildman–Crippen LogP) is -0.0740. The van der Waals surface area contributed by atoms with E-state index in [9.17, 15) is 9.59 Å². The van der Waals surface area contributed by atoms with Gasteiger partial charge in [0.15, 0.2) is 0 Å². The maximum atomic E-state index is 11.2. The molecule has 1 rings (SSSR count). The first-order valence-corrected chi connectivity index (χ1v) is 4.90. The van der Waals surface area contributed by atoms with Gasteiger partial charge in [0.05, 0.1) is 19.4 Å². The Hall–Kier alpha value is -2.21. The predicted molar refractivity (Wildman–Crippen MR) is 60.5 cm³/mol. The largest absolute Gasteiger partial charge is 0.474 e. The van der Waals surface area contributed by atoms with Crippen molar-refractivity contribution in [2.45, 2.75) is 0 Å². The van der Waals surface area contributed by atoms with E-state index in [0.29, 0.717) is 5.01 Å². The fraction of sp³-hybridized carbons (Fsp3) is 0.182. The average Bonchev–Trinajstić information content (AvgIpc) is 2.34. The molecule has 0 aliphatic heterocycles. The van der Waals surface area contributed by atoms with Crippen molar-refractivity contribution >= 4 is 18.1 Å². The van der Waals surface area contributed by atoms with Crippen LogP contribution in [0.4, 0.5) is 0 Å². The standard InChI is InChI=1S/C11H12N2O4/c14-7-6-13(10(15)11(16)17)12-8-9-4-2-1-3-5-9/h1-5,8,14H,6-7H2,(H,16,17). The summed E-state index contributed by atoms with van der Waals surface area (Å²) in [5, 5.41) is 21.7. The molecule has 1 aromatic carbocycles. The third kappa shape index (κ3) is 4.04. The van der Waals surface area contributed by atoms with Gasteiger partial charge < -0.3 is 10.2 Å². The molecule has 0 unspecified atom stereocenters. The van der Waals surface area contributed by atoms with Crippen molar-refractivity contribution in [2.24, 2.45) is 5.10 Å². The number of rotatable bonds is 4. The highest BCUT2D eigenvalue weighted by Crippen LogP contribution is 1.97. The molecule has 0 radical (unpaired) electrons. The van der Waals surface area contributed by atoms with E-state index in [-0.39, 0.29) is 13.2 Å². The number of carboxylic acid groups (broad SMARTS) is 1. The van der Waals surface area contributed by atoms with Crippen LogP contribution < -0.4 is 0 Å². The summed E-state index contributed by atoms with van der Waals surface area (Å²) < 4.78 is 0. The molecule has 0 saturated carbocycles. The quantitative estimate of drug-likeness (QED) is 0.435. The Morgan fingerprint density at radius 3 is 2.47 bits per heavy atom. The molecule has 0 aromatic heterocycles. The zero-order valence-corrected chi connectivity index (χ0v) is 8.98. The first-order valence-electron chi connectivity index (χ1n) is 4.90. The summed E-state index contributed by atoms with van der Waals surface area (Å²) in [6.07, 6.45) is 1.36. The first-order chi connectivity index (χ1) is 8.15. The minimum absolute atomic E-state index is 0.158. The number of aliphatic carboxylic acids is 1. The SMILES string of the molecule is O=C(O)C(=O)N(CCO)N=Cc1ccccc1. The molecule has 1 aromatic rings. The molecule has 0 spiro atoms. The van der Waals surface area contributed by atoms with Crippen LogP contribution in [0, 0.1) is 0 Å². The number of hydrogen-bond donors (Lipinski definition) is 2. The Morgan fingerprint density at radius 2 is 1.94 bits per heavy atom. The number of benzene rings is 1. The van der Waals surface area contributed by atoms with Gasteiger partial charge in [-0.25, -0.2) is 9.80 Å². The summed E-state index contributed by atoms with van der Waals surface area (Å²) in [7, 11) is 0. The van der Waals surface area contributed by atoms with E-state index >= 15 is 0 Å². The lowest BCUT2D eigenvalue weighted by Gasteiger charge is -2.12. The molecule has 2 N–H and O–H groups in total. The van der Waals surface area contributed by atoms with Gasteiger partial charge in [-0.15, -0.1) is 0 Å². The number of hydrogen-bond acceptors (Lipinski definition) is 4. The van der Waals surface area contributed by atoms with E-state index < -0.39 is 11.9 Å². The van der Waals surface area contributed by atoms with Crippen LogP contribution >= 0.6 is 0 Å². The van der Waals surface area contributed by atoms with E-state index in [1.165, 1.54) is 6.21 Å². The molecule has 0 fully saturated rings. The van der Waals surface area contributed by atoms with Crippen LogP contribution in [0.2, 0.25) is 0 Å². The van der Waals surface area contributed by atoms with Gasteiger partial charge in [-0.1, -0.05) is 30.3 Å². The molecule has 90 valence electrons. The van der Waals surface area contributed by atoms with Gasteiger partial charge in [-0.05, 0) is 5.56 Å². The van der Waals surface area contributed by atoms with E-state index in [2.05, 4.69) is 5.10 Å². The second-order valence-corrected chi connectivity index (χ2v) is 3.11. The molecular weight excluding hydrogens is 224 g/mol. The molecule has 6 heteroatoms. The molecule has 6 nitrogen and oxygen atoms in total. The third-order valence-corrected chi connectivity index (χ3v) is 1.87. The van der Waals surface area contributed by atoms with Crippen molar-refractivity contribution in [1.29, 1.82) is 0 Å². The van der Waals surface area contributed by atoms with E-state index in [0.717, 1.165) is 5.56 Å². The number of amides is 1. The van der Waals surface area contributed by atoms with Gasteiger partial charge in [-0.2, -0.15) is 5.10 Å². The van der Waals surface area contributed by atoms with Crippen LogP contribution in [-0.4, -0.2) is 46.5 Å². The second kappa shape index (κ2) is 6.39. The van der Waals surface area contributed by atoms with E-state index in [1.54, 1.807) is 24.3 Å². The topological polar surface area (TPSA) is 90.2 Å². The fourth-order valence-corrected chi connectivity index (χ4v) is 1.09. The van der Waals surface area contributed by atoms with E-state index in [1.807, 2.05) is 6.07 Å². The van der Waals surface area contributed by atoms with Crippen molar-refractivity contribution in [2.75, 3.05) is 13.2 Å². The average molecular weight is 236 g/mol. The highest BCUT2D eigenvalue weighted by molar-refractivity contribution is 6.31. The first kappa shape index (κ1) is 12.9. The van der Waals surface area contributed by atoms with Crippen molar-refractivity contribution in [3.05, 3.63) is 35.9 Å². The molecule has 0 saturated heterocycles. The Bertz CT molecular complexity index is 417. The summed E-state index contributed by atoms with van der Waals surface area (Å²) in [5.41, 5.74) is 0.730. The van der Waals surface area contributed by atoms with Crippen LogP contribution in [0.5, 0.6) is 0 Å². The summed E-state index contributed by atoms with van der Waals surface area (Å²) in [6.45, 7) is -0.514. The molecule has 1 amide bonds. The van der Waals surface area contributed by atoms with Gasteiger partial charge >= 0.3 is 11.9 Å². The number of aliphatic hydroxyl groups is 1. The number of carboxylic acids is 1. The Balaban J connectivity index is 2.76. The molecule has 0 aliphatic rings. The highest BCUT2D eigenvalue weighted by atomic mass is 16.4. The minimum atomic E-state index is -1.61. The normalized spacial score (nSPS) is 10.4. The van der Waals surface area contributed by atoms with Crippen molar-refractivity contribution in [3.8, 4) is 0 Å². The summed E-state index contributed by atoms with van der Waals surface area (Å²) in [4.78, 5) is 21.6. The van der Waals surface area contributed by atoms with Crippen molar-refractivity contribution in [1.82, 2.24) is 5.01 Å². The lowest BCUT2D eigenvalue weighted by molar-refractivity contribution is -0.156. The van der Waals surface area contributed by atoms with Crippen LogP contribution in [0.15, 0.2) is 35.4 Å². The van der Waals surface area contributed by atoms with Crippen LogP contribution in [0.3, 0.4) is 0 Å². The lowest BCUT2D eigenvalue weighted by atomic mass is 10.2. The molecular formula is C11H12N2O4. The monoisotopic (exact) mass is 236 g/mol. The van der Waals surface area contributed by atoms with E-state index in [4.69, 9.17) is 10.2 Å². The molecule has 0 heterocycles. The molecule has 0 aliphatic carbocycles. The Labute approximate surface area is 97.8 Å². The number of carbonyl (C=O) groups excluding carboxylic acids is 1. The Morgan fingerprint density at radius 1 is 1.29 bits per heavy atom. The van der Waals surface area contributed by atoms with Gasteiger partial charge in [-0.3, -0.25) is 4.79 Å². The fourth-order valence-electron chi connectivity index (χ4n) is 1.09. The Kier molecular flexibility index (Phi) is 4.83. The van der Waals surface area contributed by atoms with Crippen LogP contribution in [0.25, 0.3) is 0 Å². The van der Waals surface area contributed by atoms with Gasteiger partial charge in [0.2, 0.25) is 0 Å². The molecule has 17 heavy (non-hydrogen) atoms. The number of hydrazone groups is 1. The summed E-state index contributed by atoms with van der Waals surface area (Å²) in [5.74, 6) is -2.78. The van der Waals surface area contributed by atoms with Crippen LogP contribution in [0.1, 0.15) is 5.56 Å².